The molecule has 1 heterocycles. The van der Waals surface area contributed by atoms with Crippen molar-refractivity contribution >= 4 is 39.8 Å². The van der Waals surface area contributed by atoms with Crippen molar-refractivity contribution in [2.75, 3.05) is 39.0 Å². The van der Waals surface area contributed by atoms with Gasteiger partial charge in [0, 0.05) is 38.0 Å². The van der Waals surface area contributed by atoms with E-state index in [2.05, 4.69) is 27.4 Å². The fourth-order valence-corrected chi connectivity index (χ4v) is 4.10. The van der Waals surface area contributed by atoms with Crippen LogP contribution in [0.4, 0.5) is 0 Å². The zero-order valence-electron chi connectivity index (χ0n) is 17.3. The Morgan fingerprint density at radius 2 is 1.83 bits per heavy atom. The third-order valence-corrected chi connectivity index (χ3v) is 6.29. The first-order valence-corrected chi connectivity index (χ1v) is 12.1. The number of hydrogen-bond donors (Lipinski definition) is 2. The lowest BCUT2D eigenvalue weighted by Crippen LogP contribution is -2.49. The maximum Gasteiger partial charge on any atom is 0.191 e. The molecule has 1 aliphatic carbocycles. The van der Waals surface area contributed by atoms with Crippen LogP contribution in [0.2, 0.25) is 0 Å². The van der Waals surface area contributed by atoms with Gasteiger partial charge in [0.15, 0.2) is 15.8 Å². The molecule has 1 saturated heterocycles. The van der Waals surface area contributed by atoms with Gasteiger partial charge in [-0.2, -0.15) is 0 Å². The Morgan fingerprint density at radius 3 is 2.38 bits per heavy atom. The van der Waals surface area contributed by atoms with Crippen LogP contribution in [-0.4, -0.2) is 70.4 Å². The van der Waals surface area contributed by atoms with E-state index in [1.54, 1.807) is 24.3 Å². The number of sulfone groups is 1. The Kier molecular flexibility index (Phi) is 9.48. The lowest BCUT2D eigenvalue weighted by Gasteiger charge is -2.33. The molecular formula is C20H33IN4O3S. The number of nitrogens with zero attached hydrogens (tertiary/aromatic N) is 2. The second-order valence-corrected chi connectivity index (χ2v) is 9.55. The molecule has 1 aliphatic heterocycles. The van der Waals surface area contributed by atoms with Gasteiger partial charge >= 0.3 is 0 Å². The van der Waals surface area contributed by atoms with E-state index in [9.17, 15) is 8.42 Å². The van der Waals surface area contributed by atoms with E-state index in [4.69, 9.17) is 4.74 Å². The van der Waals surface area contributed by atoms with E-state index in [-0.39, 0.29) is 24.0 Å². The summed E-state index contributed by atoms with van der Waals surface area (Å²) in [5.41, 5.74) is 0. The number of hydrogen-bond acceptors (Lipinski definition) is 5. The molecule has 0 radical (unpaired) electrons. The number of rotatable bonds is 8. The number of ether oxygens (including phenoxy) is 1. The minimum absolute atomic E-state index is 0. The summed E-state index contributed by atoms with van der Waals surface area (Å²) < 4.78 is 28.6. The summed E-state index contributed by atoms with van der Waals surface area (Å²) >= 11 is 0. The van der Waals surface area contributed by atoms with E-state index >= 15 is 0 Å². The van der Waals surface area contributed by atoms with Crippen LogP contribution < -0.4 is 15.4 Å². The predicted molar refractivity (Wildman–Crippen MR) is 127 cm³/mol. The van der Waals surface area contributed by atoms with Crippen molar-refractivity contribution in [1.82, 2.24) is 15.5 Å². The van der Waals surface area contributed by atoms with Crippen molar-refractivity contribution in [2.45, 2.75) is 49.6 Å². The van der Waals surface area contributed by atoms with E-state index in [1.807, 2.05) is 0 Å². The van der Waals surface area contributed by atoms with Gasteiger partial charge in [0.05, 0.1) is 11.4 Å². The molecular weight excluding hydrogens is 503 g/mol. The first kappa shape index (κ1) is 24.2. The van der Waals surface area contributed by atoms with Gasteiger partial charge in [0.1, 0.15) is 12.4 Å². The zero-order chi connectivity index (χ0) is 20.0. The predicted octanol–water partition coefficient (Wildman–Crippen LogP) is 2.27. The zero-order valence-corrected chi connectivity index (χ0v) is 20.4. The minimum atomic E-state index is -3.18. The fraction of sp³-hybridized carbons (Fsp3) is 0.650. The molecule has 2 aliphatic rings. The number of piperidine rings is 1. The van der Waals surface area contributed by atoms with Crippen molar-refractivity contribution in [3.63, 3.8) is 0 Å². The molecule has 0 bridgehead atoms. The van der Waals surface area contributed by atoms with Gasteiger partial charge in [-0.1, -0.05) is 0 Å². The summed E-state index contributed by atoms with van der Waals surface area (Å²) in [6, 6.07) is 7.80. The Labute approximate surface area is 191 Å². The second kappa shape index (κ2) is 11.4. The molecule has 29 heavy (non-hydrogen) atoms. The highest BCUT2D eigenvalue weighted by molar-refractivity contribution is 14.0. The first-order chi connectivity index (χ1) is 13.5. The van der Waals surface area contributed by atoms with E-state index in [0.29, 0.717) is 29.8 Å². The lowest BCUT2D eigenvalue weighted by molar-refractivity contribution is 0.197. The molecule has 9 heteroatoms. The lowest BCUT2D eigenvalue weighted by atomic mass is 10.1. The number of benzene rings is 1. The van der Waals surface area contributed by atoms with E-state index in [1.165, 1.54) is 32.2 Å². The van der Waals surface area contributed by atoms with Crippen LogP contribution in [0.1, 0.15) is 32.6 Å². The summed E-state index contributed by atoms with van der Waals surface area (Å²) in [5.74, 6) is 1.48. The van der Waals surface area contributed by atoms with Crippen molar-refractivity contribution < 1.29 is 13.2 Å². The molecule has 1 aromatic rings. The van der Waals surface area contributed by atoms with Gasteiger partial charge in [-0.15, -0.1) is 24.0 Å². The standard InChI is InChI=1S/C20H32N4O3S.HI/c1-3-21-20(23-16-10-13-24(14-11-16)17-4-5-17)22-12-15-27-18-6-8-19(9-7-18)28(2,25)26;/h6-9,16-17H,3-5,10-15H2,1-2H3,(H2,21,22,23);1H. The molecule has 164 valence electrons. The second-order valence-electron chi connectivity index (χ2n) is 7.54. The maximum atomic E-state index is 11.5. The Bertz CT molecular complexity index is 758. The molecule has 0 aromatic heterocycles. The first-order valence-electron chi connectivity index (χ1n) is 10.2. The highest BCUT2D eigenvalue weighted by atomic mass is 127. The highest BCUT2D eigenvalue weighted by Gasteiger charge is 2.31. The summed E-state index contributed by atoms with van der Waals surface area (Å²) in [4.78, 5) is 7.52. The molecule has 0 spiro atoms. The summed E-state index contributed by atoms with van der Waals surface area (Å²) in [5, 5.41) is 6.85. The SMILES string of the molecule is CCNC(=NCCOc1ccc(S(C)(=O)=O)cc1)NC1CCN(C2CC2)CC1.I. The van der Waals surface area contributed by atoms with Gasteiger partial charge in [-0.3, -0.25) is 0 Å². The third-order valence-electron chi connectivity index (χ3n) is 5.16. The van der Waals surface area contributed by atoms with Gasteiger partial charge in [0.2, 0.25) is 0 Å². The number of nitrogens with one attached hydrogen (secondary N) is 2. The average molecular weight is 536 g/mol. The third kappa shape index (κ3) is 7.93. The van der Waals surface area contributed by atoms with Crippen LogP contribution >= 0.6 is 24.0 Å². The van der Waals surface area contributed by atoms with Crippen LogP contribution in [0, 0.1) is 0 Å². The highest BCUT2D eigenvalue weighted by Crippen LogP contribution is 2.29. The number of likely N-dealkylation sites (tertiary alicyclic amines) is 1. The van der Waals surface area contributed by atoms with Crippen molar-refractivity contribution in [1.29, 1.82) is 0 Å². The fourth-order valence-electron chi connectivity index (χ4n) is 3.47. The monoisotopic (exact) mass is 536 g/mol. The Morgan fingerprint density at radius 1 is 1.17 bits per heavy atom. The van der Waals surface area contributed by atoms with Crippen LogP contribution in [0.15, 0.2) is 34.2 Å². The van der Waals surface area contributed by atoms with Crippen LogP contribution in [0.25, 0.3) is 0 Å². The minimum Gasteiger partial charge on any atom is -0.492 e. The summed E-state index contributed by atoms with van der Waals surface area (Å²) in [6.45, 7) is 6.20. The molecule has 3 rings (SSSR count). The summed E-state index contributed by atoms with van der Waals surface area (Å²) in [6.07, 6.45) is 6.26. The molecule has 7 nitrogen and oxygen atoms in total. The molecule has 0 unspecified atom stereocenters. The molecule has 0 amide bonds. The Balaban J connectivity index is 0.00000300. The smallest absolute Gasteiger partial charge is 0.191 e. The van der Waals surface area contributed by atoms with Crippen molar-refractivity contribution in [3.05, 3.63) is 24.3 Å². The van der Waals surface area contributed by atoms with E-state index < -0.39 is 9.84 Å². The van der Waals surface area contributed by atoms with Gasteiger partial charge in [0.25, 0.3) is 0 Å². The molecule has 1 saturated carbocycles. The maximum absolute atomic E-state index is 11.5. The molecule has 2 N–H and O–H groups in total. The molecule has 1 aromatic carbocycles. The topological polar surface area (TPSA) is 83.0 Å². The van der Waals surface area contributed by atoms with Crippen molar-refractivity contribution in [2.24, 2.45) is 4.99 Å². The Hall–Kier alpha value is -1.07. The number of halogens is 1. The van der Waals surface area contributed by atoms with Crippen LogP contribution in [-0.2, 0) is 9.84 Å². The summed E-state index contributed by atoms with van der Waals surface area (Å²) in [7, 11) is -3.18. The van der Waals surface area contributed by atoms with Gasteiger partial charge < -0.3 is 20.3 Å². The van der Waals surface area contributed by atoms with Crippen LogP contribution in [0.5, 0.6) is 5.75 Å². The number of aliphatic imine (C=N–C) groups is 1. The number of guanidine groups is 1. The molecule has 2 fully saturated rings. The average Bonchev–Trinajstić information content (AvgIpc) is 3.51. The quantitative estimate of drug-likeness (QED) is 0.230. The molecule has 0 atom stereocenters. The van der Waals surface area contributed by atoms with Gasteiger partial charge in [-0.05, 0) is 56.9 Å². The van der Waals surface area contributed by atoms with Gasteiger partial charge in [-0.25, -0.2) is 13.4 Å². The van der Waals surface area contributed by atoms with Crippen molar-refractivity contribution in [3.8, 4) is 5.75 Å². The van der Waals surface area contributed by atoms with E-state index in [0.717, 1.165) is 31.4 Å². The normalized spacial score (nSPS) is 18.8. The van der Waals surface area contributed by atoms with Crippen LogP contribution in [0.3, 0.4) is 0 Å². The largest absolute Gasteiger partial charge is 0.492 e.